The third kappa shape index (κ3) is 4.80. The molecular formula is C45H28N4Si. The maximum absolute atomic E-state index is 10.9. The summed E-state index contributed by atoms with van der Waals surface area (Å²) in [6.45, 7) is 0. The van der Waals surface area contributed by atoms with E-state index in [-0.39, 0.29) is 0 Å². The molecule has 0 N–H and O–H groups in total. The normalized spacial score (nSPS) is 11.1. The van der Waals surface area contributed by atoms with Crippen LogP contribution in [0.4, 0.5) is 0 Å². The van der Waals surface area contributed by atoms with Crippen molar-refractivity contribution in [3.8, 4) is 35.0 Å². The van der Waals surface area contributed by atoms with Crippen LogP contribution in [-0.2, 0) is 0 Å². The summed E-state index contributed by atoms with van der Waals surface area (Å²) >= 11 is 0. The molecule has 1 aromatic heterocycles. The number of aromatic nitrogens is 1. The maximum atomic E-state index is 10.9. The summed E-state index contributed by atoms with van der Waals surface area (Å²) in [5.41, 5.74) is 6.12. The Labute approximate surface area is 291 Å². The molecule has 0 saturated carbocycles. The lowest BCUT2D eigenvalue weighted by atomic mass is 9.98. The van der Waals surface area contributed by atoms with Crippen molar-refractivity contribution in [2.45, 2.75) is 0 Å². The molecule has 0 aliphatic rings. The number of hydrogen-bond donors (Lipinski definition) is 0. The Morgan fingerprint density at radius 2 is 1.02 bits per heavy atom. The standard InChI is InChI=1S/C45H28N4Si/c46-29-32-20-24-44-42(26-32)40-18-10-11-19-43(40)49(44)36-23-21-34(30-47)41(28-36)33-22-25-45(35(27-33)31-48)50(37-12-4-1-5-13-37,38-14-6-2-7-15-38)39-16-8-3-9-17-39/h1-28H. The molecule has 0 spiro atoms. The van der Waals surface area contributed by atoms with Gasteiger partial charge in [-0.2, -0.15) is 15.8 Å². The van der Waals surface area contributed by atoms with Gasteiger partial charge in [0, 0.05) is 22.0 Å². The van der Waals surface area contributed by atoms with E-state index >= 15 is 0 Å². The smallest absolute Gasteiger partial charge is 0.180 e. The summed E-state index contributed by atoms with van der Waals surface area (Å²) in [5, 5.41) is 37.4. The lowest BCUT2D eigenvalue weighted by Gasteiger charge is -2.35. The van der Waals surface area contributed by atoms with E-state index in [0.717, 1.165) is 43.8 Å². The first-order valence-electron chi connectivity index (χ1n) is 16.4. The second-order valence-electron chi connectivity index (χ2n) is 12.3. The molecule has 0 radical (unpaired) electrons. The zero-order chi connectivity index (χ0) is 34.1. The number of nitrogens with zero attached hydrogens (tertiary/aromatic N) is 4. The molecule has 232 valence electrons. The Morgan fingerprint density at radius 3 is 1.62 bits per heavy atom. The lowest BCUT2D eigenvalue weighted by molar-refractivity contribution is 1.18. The van der Waals surface area contributed by atoms with E-state index < -0.39 is 8.07 Å². The van der Waals surface area contributed by atoms with Crippen LogP contribution in [0, 0.1) is 34.0 Å². The Bertz CT molecular complexity index is 2580. The van der Waals surface area contributed by atoms with Crippen LogP contribution in [0.25, 0.3) is 38.6 Å². The van der Waals surface area contributed by atoms with Crippen LogP contribution in [0.15, 0.2) is 170 Å². The zero-order valence-corrected chi connectivity index (χ0v) is 28.0. The highest BCUT2D eigenvalue weighted by Crippen LogP contribution is 2.35. The van der Waals surface area contributed by atoms with Gasteiger partial charge in [-0.15, -0.1) is 0 Å². The highest BCUT2D eigenvalue weighted by atomic mass is 28.3. The van der Waals surface area contributed by atoms with Gasteiger partial charge in [-0.3, -0.25) is 0 Å². The third-order valence-electron chi connectivity index (χ3n) is 9.66. The van der Waals surface area contributed by atoms with E-state index in [9.17, 15) is 15.8 Å². The Morgan fingerprint density at radius 1 is 0.440 bits per heavy atom. The monoisotopic (exact) mass is 652 g/mol. The number of nitriles is 3. The van der Waals surface area contributed by atoms with Crippen molar-refractivity contribution >= 4 is 50.6 Å². The molecule has 0 amide bonds. The van der Waals surface area contributed by atoms with Gasteiger partial charge >= 0.3 is 0 Å². The molecule has 8 rings (SSSR count). The molecule has 0 fully saturated rings. The minimum atomic E-state index is -2.95. The highest BCUT2D eigenvalue weighted by molar-refractivity contribution is 7.20. The highest BCUT2D eigenvalue weighted by Gasteiger charge is 2.43. The summed E-state index contributed by atoms with van der Waals surface area (Å²) in [7, 11) is -2.95. The second kappa shape index (κ2) is 12.6. The van der Waals surface area contributed by atoms with Crippen LogP contribution < -0.4 is 20.7 Å². The summed E-state index contributed by atoms with van der Waals surface area (Å²) in [6.07, 6.45) is 0. The van der Waals surface area contributed by atoms with Crippen LogP contribution >= 0.6 is 0 Å². The van der Waals surface area contributed by atoms with E-state index in [2.05, 4.69) is 120 Å². The van der Waals surface area contributed by atoms with Crippen LogP contribution in [0.2, 0.25) is 0 Å². The molecule has 0 saturated heterocycles. The van der Waals surface area contributed by atoms with Crippen LogP contribution in [0.3, 0.4) is 0 Å². The van der Waals surface area contributed by atoms with Gasteiger partial charge in [-0.1, -0.05) is 121 Å². The molecule has 5 heteroatoms. The molecule has 7 aromatic carbocycles. The van der Waals surface area contributed by atoms with Gasteiger partial charge in [-0.05, 0) is 74.8 Å². The van der Waals surface area contributed by atoms with E-state index in [0.29, 0.717) is 16.7 Å². The number of para-hydroxylation sites is 1. The van der Waals surface area contributed by atoms with Crippen molar-refractivity contribution in [1.29, 1.82) is 15.8 Å². The predicted molar refractivity (Wildman–Crippen MR) is 204 cm³/mol. The van der Waals surface area contributed by atoms with Crippen molar-refractivity contribution in [2.75, 3.05) is 0 Å². The summed E-state index contributed by atoms with van der Waals surface area (Å²) in [4.78, 5) is 0. The zero-order valence-electron chi connectivity index (χ0n) is 27.0. The topological polar surface area (TPSA) is 76.3 Å². The molecule has 50 heavy (non-hydrogen) atoms. The average Bonchev–Trinajstić information content (AvgIpc) is 3.53. The van der Waals surface area contributed by atoms with Crippen molar-refractivity contribution in [3.05, 3.63) is 187 Å². The second-order valence-corrected chi connectivity index (χ2v) is 16.0. The fraction of sp³-hybridized carbons (Fsp3) is 0. The van der Waals surface area contributed by atoms with Gasteiger partial charge < -0.3 is 4.57 Å². The van der Waals surface area contributed by atoms with Gasteiger partial charge in [0.25, 0.3) is 0 Å². The van der Waals surface area contributed by atoms with Gasteiger partial charge in [0.1, 0.15) is 0 Å². The van der Waals surface area contributed by atoms with Crippen LogP contribution in [0.5, 0.6) is 0 Å². The first kappa shape index (κ1) is 30.4. The molecule has 0 aliphatic carbocycles. The third-order valence-corrected chi connectivity index (χ3v) is 14.5. The largest absolute Gasteiger partial charge is 0.309 e. The fourth-order valence-electron chi connectivity index (χ4n) is 7.49. The molecular weight excluding hydrogens is 625 g/mol. The van der Waals surface area contributed by atoms with Crippen LogP contribution in [-0.4, -0.2) is 12.6 Å². The lowest BCUT2D eigenvalue weighted by Crippen LogP contribution is -2.75. The van der Waals surface area contributed by atoms with Gasteiger partial charge in [0.15, 0.2) is 8.07 Å². The summed E-state index contributed by atoms with van der Waals surface area (Å²) in [6, 6.07) is 64.8. The van der Waals surface area contributed by atoms with Crippen molar-refractivity contribution in [1.82, 2.24) is 4.57 Å². The van der Waals surface area contributed by atoms with Gasteiger partial charge in [-0.25, -0.2) is 0 Å². The molecule has 0 bridgehead atoms. The van der Waals surface area contributed by atoms with E-state index in [1.54, 1.807) is 0 Å². The van der Waals surface area contributed by atoms with E-state index in [4.69, 9.17) is 0 Å². The quantitative estimate of drug-likeness (QED) is 0.138. The predicted octanol–water partition coefficient (Wildman–Crippen LogP) is 7.44. The minimum Gasteiger partial charge on any atom is -0.309 e. The molecule has 0 aliphatic heterocycles. The fourth-order valence-corrected chi connectivity index (χ4v) is 12.4. The van der Waals surface area contributed by atoms with Crippen molar-refractivity contribution in [2.24, 2.45) is 0 Å². The molecule has 0 atom stereocenters. The number of benzene rings is 7. The number of rotatable bonds is 6. The van der Waals surface area contributed by atoms with Crippen molar-refractivity contribution in [3.63, 3.8) is 0 Å². The first-order valence-corrected chi connectivity index (χ1v) is 18.4. The van der Waals surface area contributed by atoms with E-state index in [1.165, 1.54) is 15.6 Å². The molecule has 4 nitrogen and oxygen atoms in total. The Balaban J connectivity index is 1.37. The van der Waals surface area contributed by atoms with Crippen LogP contribution in [0.1, 0.15) is 16.7 Å². The Kier molecular flexibility index (Phi) is 7.63. The number of hydrogen-bond acceptors (Lipinski definition) is 3. The van der Waals surface area contributed by atoms with E-state index in [1.807, 2.05) is 72.8 Å². The summed E-state index contributed by atoms with van der Waals surface area (Å²) < 4.78 is 2.17. The Hall–Kier alpha value is -6.97. The first-order chi connectivity index (χ1) is 24.7. The summed E-state index contributed by atoms with van der Waals surface area (Å²) in [5.74, 6) is 0. The maximum Gasteiger partial charge on any atom is 0.180 e. The SMILES string of the molecule is N#Cc1ccc2c(c1)c1ccccc1n2-c1ccc(C#N)c(-c2ccc([Si](c3ccccc3)(c3ccccc3)c3ccccc3)c(C#N)c2)c1. The molecule has 0 unspecified atom stereocenters. The average molecular weight is 653 g/mol. The molecule has 8 aromatic rings. The minimum absolute atomic E-state index is 0.524. The van der Waals surface area contributed by atoms with Crippen molar-refractivity contribution < 1.29 is 0 Å². The van der Waals surface area contributed by atoms with Gasteiger partial charge in [0.2, 0.25) is 0 Å². The molecule has 1 heterocycles. The number of fused-ring (bicyclic) bond motifs is 3. The van der Waals surface area contributed by atoms with Gasteiger partial charge in [0.05, 0.1) is 45.9 Å².